The van der Waals surface area contributed by atoms with Gasteiger partial charge in [0.1, 0.15) is 12.6 Å². The van der Waals surface area contributed by atoms with Gasteiger partial charge in [0.2, 0.25) is 21.8 Å². The number of rotatable bonds is 10. The molecule has 0 spiro atoms. The fourth-order valence-electron chi connectivity index (χ4n) is 3.78. The predicted octanol–water partition coefficient (Wildman–Crippen LogP) is 3.32. The van der Waals surface area contributed by atoms with Gasteiger partial charge in [0.15, 0.2) is 0 Å². The van der Waals surface area contributed by atoms with Crippen molar-refractivity contribution in [2.45, 2.75) is 53.6 Å². The first-order valence-electron chi connectivity index (χ1n) is 11.2. The zero-order valence-corrected chi connectivity index (χ0v) is 21.2. The third-order valence-corrected chi connectivity index (χ3v) is 6.99. The molecule has 0 saturated carbocycles. The van der Waals surface area contributed by atoms with Gasteiger partial charge in [-0.15, -0.1) is 0 Å². The second kappa shape index (κ2) is 11.3. The summed E-state index contributed by atoms with van der Waals surface area (Å²) in [6.07, 6.45) is 1.50. The minimum Gasteiger partial charge on any atom is -0.355 e. The highest BCUT2D eigenvalue weighted by molar-refractivity contribution is 7.92. The molecule has 0 aliphatic carbocycles. The molecule has 0 saturated heterocycles. The maximum atomic E-state index is 13.6. The van der Waals surface area contributed by atoms with E-state index in [-0.39, 0.29) is 19.0 Å². The Labute approximate surface area is 197 Å². The smallest absolute Gasteiger partial charge is 0.244 e. The number of benzene rings is 2. The SMILES string of the molecule is CCNC(=O)C(CC)N(Cc1ccccc1C)C(=O)CN(c1cccc(C)c1C)S(C)(=O)=O. The van der Waals surface area contributed by atoms with E-state index in [4.69, 9.17) is 0 Å². The molecule has 8 heteroatoms. The molecule has 33 heavy (non-hydrogen) atoms. The predicted molar refractivity (Wildman–Crippen MR) is 133 cm³/mol. The first-order chi connectivity index (χ1) is 15.5. The maximum absolute atomic E-state index is 13.6. The Morgan fingerprint density at radius 2 is 1.61 bits per heavy atom. The van der Waals surface area contributed by atoms with Gasteiger partial charge in [0.25, 0.3) is 0 Å². The lowest BCUT2D eigenvalue weighted by molar-refractivity contribution is -0.140. The summed E-state index contributed by atoms with van der Waals surface area (Å²) in [5.74, 6) is -0.678. The van der Waals surface area contributed by atoms with Crippen molar-refractivity contribution in [3.05, 3.63) is 64.7 Å². The lowest BCUT2D eigenvalue weighted by Gasteiger charge is -2.33. The number of hydrogen-bond donors (Lipinski definition) is 1. The van der Waals surface area contributed by atoms with Crippen molar-refractivity contribution in [3.63, 3.8) is 0 Å². The summed E-state index contributed by atoms with van der Waals surface area (Å²) >= 11 is 0. The van der Waals surface area contributed by atoms with Gasteiger partial charge >= 0.3 is 0 Å². The van der Waals surface area contributed by atoms with E-state index in [1.54, 1.807) is 12.1 Å². The van der Waals surface area contributed by atoms with E-state index >= 15 is 0 Å². The van der Waals surface area contributed by atoms with Gasteiger partial charge in [-0.2, -0.15) is 0 Å². The van der Waals surface area contributed by atoms with Crippen LogP contribution in [0.4, 0.5) is 5.69 Å². The first-order valence-corrected chi connectivity index (χ1v) is 13.0. The van der Waals surface area contributed by atoms with E-state index in [0.29, 0.717) is 18.7 Å². The van der Waals surface area contributed by atoms with Gasteiger partial charge in [-0.05, 0) is 62.4 Å². The normalized spacial score (nSPS) is 12.2. The van der Waals surface area contributed by atoms with Crippen molar-refractivity contribution in [2.24, 2.45) is 0 Å². The summed E-state index contributed by atoms with van der Waals surface area (Å²) in [7, 11) is -3.74. The number of nitrogens with one attached hydrogen (secondary N) is 1. The summed E-state index contributed by atoms with van der Waals surface area (Å²) in [6, 6.07) is 12.3. The number of anilines is 1. The standard InChI is InChI=1S/C25H35N3O4S/c1-7-22(25(30)26-8-2)27(16-21-14-10-9-12-19(21)4)24(29)17-28(33(6,31)32)23-15-11-13-18(3)20(23)5/h9-15,22H,7-8,16-17H2,1-6H3,(H,26,30). The van der Waals surface area contributed by atoms with E-state index in [1.807, 2.05) is 65.0 Å². The Hall–Kier alpha value is -2.87. The summed E-state index contributed by atoms with van der Waals surface area (Å²) in [4.78, 5) is 27.9. The Balaban J connectivity index is 2.49. The van der Waals surface area contributed by atoms with Crippen LogP contribution in [0.1, 0.15) is 42.5 Å². The molecule has 2 amide bonds. The Morgan fingerprint density at radius 1 is 0.970 bits per heavy atom. The second-order valence-corrected chi connectivity index (χ2v) is 10.2. The quantitative estimate of drug-likeness (QED) is 0.574. The highest BCUT2D eigenvalue weighted by Gasteiger charge is 2.32. The first kappa shape index (κ1) is 26.4. The Kier molecular flexibility index (Phi) is 9.05. The molecule has 0 aliphatic rings. The van der Waals surface area contributed by atoms with Crippen molar-refractivity contribution < 1.29 is 18.0 Å². The van der Waals surface area contributed by atoms with Gasteiger partial charge in [0, 0.05) is 13.1 Å². The lowest BCUT2D eigenvalue weighted by atomic mass is 10.1. The number of carbonyl (C=O) groups excluding carboxylic acids is 2. The fourth-order valence-corrected chi connectivity index (χ4v) is 4.68. The van der Waals surface area contributed by atoms with Crippen molar-refractivity contribution in [2.75, 3.05) is 23.7 Å². The average molecular weight is 474 g/mol. The molecule has 1 unspecified atom stereocenters. The molecule has 0 aliphatic heterocycles. The molecular formula is C25H35N3O4S. The number of likely N-dealkylation sites (N-methyl/N-ethyl adjacent to an activating group) is 1. The van der Waals surface area contributed by atoms with Crippen LogP contribution in [0.2, 0.25) is 0 Å². The topological polar surface area (TPSA) is 86.8 Å². The third kappa shape index (κ3) is 6.57. The van der Waals surface area contributed by atoms with Crippen LogP contribution in [0.25, 0.3) is 0 Å². The monoisotopic (exact) mass is 473 g/mol. The molecule has 2 rings (SSSR count). The second-order valence-electron chi connectivity index (χ2n) is 8.26. The highest BCUT2D eigenvalue weighted by Crippen LogP contribution is 2.25. The molecule has 0 bridgehead atoms. The molecule has 0 radical (unpaired) electrons. The van der Waals surface area contributed by atoms with Crippen LogP contribution in [0.15, 0.2) is 42.5 Å². The largest absolute Gasteiger partial charge is 0.355 e. The maximum Gasteiger partial charge on any atom is 0.244 e. The number of hydrogen-bond acceptors (Lipinski definition) is 4. The Bertz CT molecular complexity index is 1100. The number of amides is 2. The minimum absolute atomic E-state index is 0.214. The summed E-state index contributed by atoms with van der Waals surface area (Å²) in [5, 5.41) is 2.80. The molecule has 2 aromatic carbocycles. The number of carbonyl (C=O) groups is 2. The van der Waals surface area contributed by atoms with Crippen molar-refractivity contribution >= 4 is 27.5 Å². The van der Waals surface area contributed by atoms with Gasteiger partial charge < -0.3 is 10.2 Å². The summed E-state index contributed by atoms with van der Waals surface area (Å²) in [6.45, 7) is 9.62. The van der Waals surface area contributed by atoms with E-state index in [1.165, 1.54) is 4.90 Å². The van der Waals surface area contributed by atoms with E-state index in [9.17, 15) is 18.0 Å². The van der Waals surface area contributed by atoms with Crippen molar-refractivity contribution in [3.8, 4) is 0 Å². The van der Waals surface area contributed by atoms with E-state index in [0.717, 1.165) is 32.8 Å². The van der Waals surface area contributed by atoms with Crippen LogP contribution < -0.4 is 9.62 Å². The number of nitrogens with zero attached hydrogens (tertiary/aromatic N) is 2. The van der Waals surface area contributed by atoms with Gasteiger partial charge in [0.05, 0.1) is 11.9 Å². The molecule has 0 aromatic heterocycles. The van der Waals surface area contributed by atoms with Crippen LogP contribution in [0.3, 0.4) is 0 Å². The molecule has 180 valence electrons. The van der Waals surface area contributed by atoms with Crippen LogP contribution in [0.5, 0.6) is 0 Å². The van der Waals surface area contributed by atoms with Gasteiger partial charge in [-0.1, -0.05) is 43.3 Å². The zero-order valence-electron chi connectivity index (χ0n) is 20.4. The fraction of sp³-hybridized carbons (Fsp3) is 0.440. The molecule has 0 fully saturated rings. The van der Waals surface area contributed by atoms with Crippen LogP contribution in [-0.4, -0.2) is 50.5 Å². The van der Waals surface area contributed by atoms with E-state index < -0.39 is 22.0 Å². The van der Waals surface area contributed by atoms with E-state index in [2.05, 4.69) is 5.32 Å². The highest BCUT2D eigenvalue weighted by atomic mass is 32.2. The molecular weight excluding hydrogens is 438 g/mol. The van der Waals surface area contributed by atoms with Crippen LogP contribution >= 0.6 is 0 Å². The average Bonchev–Trinajstić information content (AvgIpc) is 2.74. The molecule has 1 atom stereocenters. The zero-order chi connectivity index (χ0) is 24.8. The minimum atomic E-state index is -3.74. The lowest BCUT2D eigenvalue weighted by Crippen LogP contribution is -2.52. The summed E-state index contributed by atoms with van der Waals surface area (Å²) < 4.78 is 26.6. The molecule has 1 N–H and O–H groups in total. The summed E-state index contributed by atoms with van der Waals surface area (Å²) in [5.41, 5.74) is 4.09. The van der Waals surface area contributed by atoms with Crippen molar-refractivity contribution in [1.29, 1.82) is 0 Å². The molecule has 2 aromatic rings. The number of sulfonamides is 1. The van der Waals surface area contributed by atoms with Crippen LogP contribution in [-0.2, 0) is 26.2 Å². The third-order valence-electron chi connectivity index (χ3n) is 5.86. The molecule has 7 nitrogen and oxygen atoms in total. The molecule has 0 heterocycles. The van der Waals surface area contributed by atoms with Gasteiger partial charge in [-0.25, -0.2) is 8.42 Å². The van der Waals surface area contributed by atoms with Crippen LogP contribution in [0, 0.1) is 20.8 Å². The van der Waals surface area contributed by atoms with Gasteiger partial charge in [-0.3, -0.25) is 13.9 Å². The number of aryl methyl sites for hydroxylation is 2. The Morgan fingerprint density at radius 3 is 2.18 bits per heavy atom. The van der Waals surface area contributed by atoms with Crippen molar-refractivity contribution in [1.82, 2.24) is 10.2 Å².